The Bertz CT molecular complexity index is 632. The van der Waals surface area contributed by atoms with Crippen molar-refractivity contribution in [2.24, 2.45) is 0 Å². The molecule has 2 aromatic carbocycles. The number of hydrogen-bond acceptors (Lipinski definition) is 3. The van der Waals surface area contributed by atoms with E-state index in [9.17, 15) is 13.6 Å². The van der Waals surface area contributed by atoms with Gasteiger partial charge in [-0.25, -0.2) is 8.78 Å². The van der Waals surface area contributed by atoms with Crippen LogP contribution in [-0.4, -0.2) is 11.7 Å². The molecule has 110 valence electrons. The minimum atomic E-state index is -0.494. The maximum absolute atomic E-state index is 13.2. The van der Waals surface area contributed by atoms with Gasteiger partial charge in [-0.15, -0.1) is 11.8 Å². The van der Waals surface area contributed by atoms with Crippen molar-refractivity contribution in [2.45, 2.75) is 11.4 Å². The maximum atomic E-state index is 13.2. The maximum Gasteiger partial charge on any atom is 0.230 e. The fourth-order valence-corrected chi connectivity index (χ4v) is 2.35. The topological polar surface area (TPSA) is 55.1 Å². The standard InChI is InChI=1S/C15H14F2N2OS/c16-11-3-1-10(2-4-11)8-19-15(20)9-21-12-5-6-14(18)13(17)7-12/h1-7H,8-9,18H2,(H,19,20). The molecule has 1 amide bonds. The van der Waals surface area contributed by atoms with Crippen LogP contribution in [-0.2, 0) is 11.3 Å². The first-order valence-electron chi connectivity index (χ1n) is 6.23. The van der Waals surface area contributed by atoms with Gasteiger partial charge in [-0.1, -0.05) is 12.1 Å². The van der Waals surface area contributed by atoms with Crippen molar-refractivity contribution >= 4 is 23.4 Å². The Morgan fingerprint density at radius 3 is 2.52 bits per heavy atom. The second-order valence-electron chi connectivity index (χ2n) is 4.38. The van der Waals surface area contributed by atoms with Crippen LogP contribution in [0, 0.1) is 11.6 Å². The molecule has 6 heteroatoms. The predicted octanol–water partition coefficient (Wildman–Crippen LogP) is 2.96. The van der Waals surface area contributed by atoms with E-state index < -0.39 is 5.82 Å². The van der Waals surface area contributed by atoms with Crippen LogP contribution in [0.5, 0.6) is 0 Å². The van der Waals surface area contributed by atoms with E-state index in [0.29, 0.717) is 11.4 Å². The molecule has 3 nitrogen and oxygen atoms in total. The zero-order chi connectivity index (χ0) is 15.2. The lowest BCUT2D eigenvalue weighted by Crippen LogP contribution is -2.24. The van der Waals surface area contributed by atoms with Crippen molar-refractivity contribution in [1.82, 2.24) is 5.32 Å². The monoisotopic (exact) mass is 308 g/mol. The molecular weight excluding hydrogens is 294 g/mol. The number of carbonyl (C=O) groups is 1. The summed E-state index contributed by atoms with van der Waals surface area (Å²) < 4.78 is 26.0. The lowest BCUT2D eigenvalue weighted by molar-refractivity contribution is -0.118. The highest BCUT2D eigenvalue weighted by molar-refractivity contribution is 8.00. The van der Waals surface area contributed by atoms with E-state index in [2.05, 4.69) is 5.32 Å². The molecule has 0 spiro atoms. The van der Waals surface area contributed by atoms with E-state index in [4.69, 9.17) is 5.73 Å². The molecular formula is C15H14F2N2OS. The average Bonchev–Trinajstić information content (AvgIpc) is 2.48. The van der Waals surface area contributed by atoms with Gasteiger partial charge in [0.05, 0.1) is 11.4 Å². The molecule has 2 aromatic rings. The van der Waals surface area contributed by atoms with E-state index in [1.54, 1.807) is 18.2 Å². The van der Waals surface area contributed by atoms with E-state index in [0.717, 1.165) is 5.56 Å². The summed E-state index contributed by atoms with van der Waals surface area (Å²) in [4.78, 5) is 12.3. The summed E-state index contributed by atoms with van der Waals surface area (Å²) in [7, 11) is 0. The Labute approximate surface area is 125 Å². The number of benzene rings is 2. The van der Waals surface area contributed by atoms with E-state index in [-0.39, 0.29) is 23.2 Å². The van der Waals surface area contributed by atoms with Gasteiger partial charge in [0.15, 0.2) is 0 Å². The molecule has 0 bridgehead atoms. The van der Waals surface area contributed by atoms with Crippen LogP contribution in [0.25, 0.3) is 0 Å². The molecule has 0 heterocycles. The Balaban J connectivity index is 1.79. The van der Waals surface area contributed by atoms with E-state index >= 15 is 0 Å². The molecule has 21 heavy (non-hydrogen) atoms. The number of amides is 1. The number of thioether (sulfide) groups is 1. The van der Waals surface area contributed by atoms with E-state index in [1.807, 2.05) is 0 Å². The minimum absolute atomic E-state index is 0.0834. The van der Waals surface area contributed by atoms with Crippen LogP contribution >= 0.6 is 11.8 Å². The molecule has 0 atom stereocenters. The third-order valence-electron chi connectivity index (χ3n) is 2.74. The molecule has 0 aromatic heterocycles. The van der Waals surface area contributed by atoms with Gasteiger partial charge >= 0.3 is 0 Å². The predicted molar refractivity (Wildman–Crippen MR) is 79.8 cm³/mol. The van der Waals surface area contributed by atoms with Gasteiger partial charge in [-0.3, -0.25) is 4.79 Å². The van der Waals surface area contributed by atoms with Crippen LogP contribution in [0.1, 0.15) is 5.56 Å². The minimum Gasteiger partial charge on any atom is -0.396 e. The van der Waals surface area contributed by atoms with Crippen molar-refractivity contribution in [3.8, 4) is 0 Å². The van der Waals surface area contributed by atoms with Gasteiger partial charge in [0.1, 0.15) is 11.6 Å². The highest BCUT2D eigenvalue weighted by Crippen LogP contribution is 2.21. The van der Waals surface area contributed by atoms with Gasteiger partial charge in [0.25, 0.3) is 0 Å². The Morgan fingerprint density at radius 1 is 1.14 bits per heavy atom. The number of hydrogen-bond donors (Lipinski definition) is 2. The number of anilines is 1. The fourth-order valence-electron chi connectivity index (χ4n) is 1.60. The zero-order valence-corrected chi connectivity index (χ0v) is 11.9. The summed E-state index contributed by atoms with van der Waals surface area (Å²) >= 11 is 1.22. The first-order chi connectivity index (χ1) is 10.0. The summed E-state index contributed by atoms with van der Waals surface area (Å²) in [6.07, 6.45) is 0. The van der Waals surface area contributed by atoms with Gasteiger partial charge in [0.2, 0.25) is 5.91 Å². The molecule has 0 saturated carbocycles. The number of halogens is 2. The van der Waals surface area contributed by atoms with E-state index in [1.165, 1.54) is 36.0 Å². The Kier molecular flexibility index (Phi) is 5.16. The quantitative estimate of drug-likeness (QED) is 0.659. The lowest BCUT2D eigenvalue weighted by Gasteiger charge is -2.06. The van der Waals surface area contributed by atoms with Crippen molar-refractivity contribution in [2.75, 3.05) is 11.5 Å². The number of nitrogens with two attached hydrogens (primary N) is 1. The first-order valence-corrected chi connectivity index (χ1v) is 7.22. The average molecular weight is 308 g/mol. The zero-order valence-electron chi connectivity index (χ0n) is 11.1. The van der Waals surface area contributed by atoms with Crippen molar-refractivity contribution in [1.29, 1.82) is 0 Å². The molecule has 0 aliphatic rings. The summed E-state index contributed by atoms with van der Waals surface area (Å²) in [5.41, 5.74) is 6.27. The highest BCUT2D eigenvalue weighted by atomic mass is 32.2. The Hall–Kier alpha value is -2.08. The van der Waals surface area contributed by atoms with Crippen molar-refractivity contribution in [3.63, 3.8) is 0 Å². The largest absolute Gasteiger partial charge is 0.396 e. The van der Waals surface area contributed by atoms with Crippen LogP contribution < -0.4 is 11.1 Å². The summed E-state index contributed by atoms with van der Waals surface area (Å²) in [6, 6.07) is 10.3. The van der Waals surface area contributed by atoms with Gasteiger partial charge in [-0.05, 0) is 35.9 Å². The number of rotatable bonds is 5. The summed E-state index contributed by atoms with van der Waals surface area (Å²) in [6.45, 7) is 0.329. The molecule has 0 unspecified atom stereocenters. The van der Waals surface area contributed by atoms with Crippen LogP contribution in [0.15, 0.2) is 47.4 Å². The Morgan fingerprint density at radius 2 is 1.86 bits per heavy atom. The molecule has 0 fully saturated rings. The van der Waals surface area contributed by atoms with Gasteiger partial charge in [0, 0.05) is 11.4 Å². The second-order valence-corrected chi connectivity index (χ2v) is 5.42. The third-order valence-corrected chi connectivity index (χ3v) is 3.74. The summed E-state index contributed by atoms with van der Waals surface area (Å²) in [5, 5.41) is 2.71. The van der Waals surface area contributed by atoms with Crippen LogP contribution in [0.4, 0.5) is 14.5 Å². The van der Waals surface area contributed by atoms with Gasteiger partial charge < -0.3 is 11.1 Å². The normalized spacial score (nSPS) is 10.4. The smallest absolute Gasteiger partial charge is 0.230 e. The highest BCUT2D eigenvalue weighted by Gasteiger charge is 2.05. The number of nitrogens with one attached hydrogen (secondary N) is 1. The number of carbonyl (C=O) groups excluding carboxylic acids is 1. The molecule has 3 N–H and O–H groups in total. The first kappa shape index (κ1) is 15.3. The van der Waals surface area contributed by atoms with Crippen LogP contribution in [0.2, 0.25) is 0 Å². The lowest BCUT2D eigenvalue weighted by atomic mass is 10.2. The SMILES string of the molecule is Nc1ccc(SCC(=O)NCc2ccc(F)cc2)cc1F. The second kappa shape index (κ2) is 7.08. The van der Waals surface area contributed by atoms with Crippen molar-refractivity contribution < 1.29 is 13.6 Å². The molecule has 2 rings (SSSR count). The molecule has 0 radical (unpaired) electrons. The fraction of sp³-hybridized carbons (Fsp3) is 0.133. The van der Waals surface area contributed by atoms with Crippen LogP contribution in [0.3, 0.4) is 0 Å². The third kappa shape index (κ3) is 4.75. The molecule has 0 aliphatic heterocycles. The van der Waals surface area contributed by atoms with Crippen molar-refractivity contribution in [3.05, 3.63) is 59.7 Å². The summed E-state index contributed by atoms with van der Waals surface area (Å²) in [5.74, 6) is -0.816. The molecule has 0 saturated heterocycles. The van der Waals surface area contributed by atoms with Gasteiger partial charge in [-0.2, -0.15) is 0 Å². The molecule has 0 aliphatic carbocycles. The number of nitrogen functional groups attached to an aromatic ring is 1.